The zero-order valence-corrected chi connectivity index (χ0v) is 19.5. The van der Waals surface area contributed by atoms with Gasteiger partial charge in [0.05, 0.1) is 26.3 Å². The van der Waals surface area contributed by atoms with Crippen LogP contribution in [0.2, 0.25) is 0 Å². The molecule has 0 amide bonds. The Morgan fingerprint density at radius 2 is 1.88 bits per heavy atom. The summed E-state index contributed by atoms with van der Waals surface area (Å²) >= 11 is 0. The van der Waals surface area contributed by atoms with Gasteiger partial charge in [-0.05, 0) is 17.6 Å². The van der Waals surface area contributed by atoms with Gasteiger partial charge in [0.15, 0.2) is 5.76 Å². The van der Waals surface area contributed by atoms with E-state index >= 15 is 0 Å². The number of nitrogens with zero attached hydrogens (tertiary/aromatic N) is 5. The molecule has 2 aliphatic rings. The van der Waals surface area contributed by atoms with E-state index in [9.17, 15) is 0 Å². The number of aliphatic imine (C=N–C) groups is 1. The lowest BCUT2D eigenvalue weighted by Crippen LogP contribution is -2.37. The largest absolute Gasteiger partial charge is 0.378 e. The molecule has 9 nitrogen and oxygen atoms in total. The van der Waals surface area contributed by atoms with Crippen molar-refractivity contribution in [2.75, 3.05) is 48.4 Å². The number of rotatable bonds is 7. The summed E-state index contributed by atoms with van der Waals surface area (Å²) < 4.78 is 11.0. The van der Waals surface area contributed by atoms with Gasteiger partial charge in [-0.1, -0.05) is 49.3 Å². The lowest BCUT2D eigenvalue weighted by atomic mass is 10.0. The standard InChI is InChI=1S/C25H29N7O2/c1-17(2)19-12-22(26-15-19)28-23-14-24(32-8-10-33-11-9-32)30-25(29-23)27-16-20-13-21(31-34-20)18-6-4-3-5-7-18/h3-7,12-14,17H,8-11,15-16H2,1-2H3,(H2,26,27,28,29,30). The molecule has 0 unspecified atom stereocenters. The third kappa shape index (κ3) is 5.26. The fraction of sp³-hybridized carbons (Fsp3) is 0.360. The topological polar surface area (TPSA) is 101 Å². The smallest absolute Gasteiger partial charge is 0.227 e. The second kappa shape index (κ2) is 10.0. The number of morpholine rings is 1. The van der Waals surface area contributed by atoms with Crippen molar-refractivity contribution in [3.63, 3.8) is 0 Å². The van der Waals surface area contributed by atoms with Crippen molar-refractivity contribution in [2.24, 2.45) is 10.9 Å². The van der Waals surface area contributed by atoms with Gasteiger partial charge in [-0.15, -0.1) is 0 Å². The maximum Gasteiger partial charge on any atom is 0.227 e. The zero-order chi connectivity index (χ0) is 23.3. The van der Waals surface area contributed by atoms with Gasteiger partial charge in [0.1, 0.15) is 23.2 Å². The van der Waals surface area contributed by atoms with Crippen molar-refractivity contribution >= 4 is 23.4 Å². The van der Waals surface area contributed by atoms with Crippen LogP contribution >= 0.6 is 0 Å². The Morgan fingerprint density at radius 1 is 1.06 bits per heavy atom. The molecule has 0 saturated carbocycles. The van der Waals surface area contributed by atoms with E-state index in [0.717, 1.165) is 42.5 Å². The van der Waals surface area contributed by atoms with Gasteiger partial charge in [0.25, 0.3) is 0 Å². The van der Waals surface area contributed by atoms with Crippen LogP contribution in [-0.4, -0.2) is 53.8 Å². The van der Waals surface area contributed by atoms with Crippen LogP contribution < -0.4 is 15.5 Å². The van der Waals surface area contributed by atoms with Crippen LogP contribution in [0.5, 0.6) is 0 Å². The molecule has 1 saturated heterocycles. The van der Waals surface area contributed by atoms with Gasteiger partial charge in [0, 0.05) is 30.8 Å². The second-order valence-electron chi connectivity index (χ2n) is 8.63. The molecular weight excluding hydrogens is 430 g/mol. The fourth-order valence-corrected chi connectivity index (χ4v) is 3.84. The number of aromatic nitrogens is 3. The highest BCUT2D eigenvalue weighted by atomic mass is 16.5. The first-order valence-corrected chi connectivity index (χ1v) is 11.6. The molecule has 2 N–H and O–H groups in total. The number of anilines is 3. The van der Waals surface area contributed by atoms with Crippen LogP contribution in [0.15, 0.2) is 63.6 Å². The quantitative estimate of drug-likeness (QED) is 0.547. The van der Waals surface area contributed by atoms with E-state index in [0.29, 0.717) is 43.2 Å². The third-order valence-electron chi connectivity index (χ3n) is 5.85. The average molecular weight is 460 g/mol. The fourth-order valence-electron chi connectivity index (χ4n) is 3.84. The minimum atomic E-state index is 0.421. The molecule has 9 heteroatoms. The van der Waals surface area contributed by atoms with E-state index in [4.69, 9.17) is 14.2 Å². The summed E-state index contributed by atoms with van der Waals surface area (Å²) in [5, 5.41) is 10.8. The zero-order valence-electron chi connectivity index (χ0n) is 19.5. The van der Waals surface area contributed by atoms with E-state index in [1.165, 1.54) is 5.57 Å². The first kappa shape index (κ1) is 22.1. The average Bonchev–Trinajstić information content (AvgIpc) is 3.54. The number of hydrogen-bond donors (Lipinski definition) is 2. The molecule has 0 bridgehead atoms. The Kier molecular flexibility index (Phi) is 6.53. The first-order chi connectivity index (χ1) is 16.6. The van der Waals surface area contributed by atoms with Gasteiger partial charge in [0.2, 0.25) is 5.95 Å². The molecule has 0 spiro atoms. The summed E-state index contributed by atoms with van der Waals surface area (Å²) in [6.45, 7) is 8.45. The molecule has 5 rings (SSSR count). The molecule has 0 atom stereocenters. The highest BCUT2D eigenvalue weighted by Gasteiger charge is 2.17. The van der Waals surface area contributed by atoms with E-state index in [1.54, 1.807) is 0 Å². The summed E-state index contributed by atoms with van der Waals surface area (Å²) in [4.78, 5) is 16.2. The number of benzene rings is 1. The van der Waals surface area contributed by atoms with E-state index < -0.39 is 0 Å². The Morgan fingerprint density at radius 3 is 2.65 bits per heavy atom. The monoisotopic (exact) mass is 459 g/mol. The van der Waals surface area contributed by atoms with Crippen LogP contribution in [0.25, 0.3) is 11.3 Å². The molecule has 4 heterocycles. The maximum absolute atomic E-state index is 5.52. The summed E-state index contributed by atoms with van der Waals surface area (Å²) in [5.74, 6) is 4.05. The minimum absolute atomic E-state index is 0.421. The Bertz CT molecular complexity index is 1180. The molecule has 1 fully saturated rings. The summed E-state index contributed by atoms with van der Waals surface area (Å²) in [7, 11) is 0. The van der Waals surface area contributed by atoms with Crippen molar-refractivity contribution in [1.29, 1.82) is 0 Å². The lowest BCUT2D eigenvalue weighted by Gasteiger charge is -2.28. The van der Waals surface area contributed by atoms with Gasteiger partial charge >= 0.3 is 0 Å². The highest BCUT2D eigenvalue weighted by Crippen LogP contribution is 2.23. The highest BCUT2D eigenvalue weighted by molar-refractivity contribution is 6.05. The number of nitrogens with one attached hydrogen (secondary N) is 2. The number of ether oxygens (including phenoxy) is 1. The lowest BCUT2D eigenvalue weighted by molar-refractivity contribution is 0.122. The molecule has 34 heavy (non-hydrogen) atoms. The van der Waals surface area contributed by atoms with Crippen molar-refractivity contribution in [3.8, 4) is 11.3 Å². The minimum Gasteiger partial charge on any atom is -0.378 e. The van der Waals surface area contributed by atoms with E-state index in [-0.39, 0.29) is 0 Å². The van der Waals surface area contributed by atoms with Crippen LogP contribution in [0, 0.1) is 5.92 Å². The Hall–Kier alpha value is -3.72. The van der Waals surface area contributed by atoms with E-state index in [2.05, 4.69) is 50.6 Å². The normalized spacial score (nSPS) is 15.9. The second-order valence-corrected chi connectivity index (χ2v) is 8.63. The van der Waals surface area contributed by atoms with Crippen LogP contribution in [0.4, 0.5) is 17.6 Å². The Labute approximate surface area is 198 Å². The van der Waals surface area contributed by atoms with Crippen LogP contribution in [-0.2, 0) is 11.3 Å². The van der Waals surface area contributed by atoms with Crippen molar-refractivity contribution in [2.45, 2.75) is 20.4 Å². The van der Waals surface area contributed by atoms with Gasteiger partial charge in [-0.25, -0.2) is 0 Å². The summed E-state index contributed by atoms with van der Waals surface area (Å²) in [6.07, 6.45) is 2.11. The number of amidine groups is 1. The predicted molar refractivity (Wildman–Crippen MR) is 133 cm³/mol. The van der Waals surface area contributed by atoms with Crippen LogP contribution in [0.3, 0.4) is 0 Å². The van der Waals surface area contributed by atoms with Gasteiger partial charge < -0.3 is 24.8 Å². The maximum atomic E-state index is 5.52. The molecule has 0 aliphatic carbocycles. The molecule has 2 aliphatic heterocycles. The summed E-state index contributed by atoms with van der Waals surface area (Å²) in [6, 6.07) is 13.8. The Balaban J connectivity index is 1.33. The molecule has 3 aromatic rings. The number of hydrogen-bond acceptors (Lipinski definition) is 9. The van der Waals surface area contributed by atoms with Crippen molar-refractivity contribution in [1.82, 2.24) is 15.1 Å². The third-order valence-corrected chi connectivity index (χ3v) is 5.85. The van der Waals surface area contributed by atoms with Crippen molar-refractivity contribution < 1.29 is 9.26 Å². The molecule has 176 valence electrons. The SMILES string of the molecule is CC(C)C1=CC(Nc2cc(N3CCOCC3)nc(NCc3cc(-c4ccccc4)no3)n2)=NC1. The molecule has 2 aromatic heterocycles. The molecule has 1 aromatic carbocycles. The van der Waals surface area contributed by atoms with Gasteiger partial charge in [-0.2, -0.15) is 9.97 Å². The molecular formula is C25H29N7O2. The van der Waals surface area contributed by atoms with Crippen molar-refractivity contribution in [3.05, 3.63) is 59.9 Å². The summed E-state index contributed by atoms with van der Waals surface area (Å²) in [5.41, 5.74) is 3.12. The van der Waals surface area contributed by atoms with E-state index in [1.807, 2.05) is 42.5 Å². The first-order valence-electron chi connectivity index (χ1n) is 11.6. The molecule has 0 radical (unpaired) electrons. The predicted octanol–water partition coefficient (Wildman–Crippen LogP) is 3.99. The van der Waals surface area contributed by atoms with Crippen LogP contribution in [0.1, 0.15) is 19.6 Å². The van der Waals surface area contributed by atoms with Gasteiger partial charge in [-0.3, -0.25) is 4.99 Å².